The van der Waals surface area contributed by atoms with Crippen molar-refractivity contribution < 1.29 is 24.0 Å². The minimum atomic E-state index is -0.770. The van der Waals surface area contributed by atoms with Crippen LogP contribution in [0.4, 0.5) is 11.5 Å². The molecule has 2 aromatic carbocycles. The van der Waals surface area contributed by atoms with Crippen molar-refractivity contribution in [2.75, 3.05) is 25.3 Å². The van der Waals surface area contributed by atoms with Crippen molar-refractivity contribution in [2.45, 2.75) is 11.4 Å². The zero-order chi connectivity index (χ0) is 24.0. The lowest BCUT2D eigenvalue weighted by Gasteiger charge is -2.14. The largest absolute Gasteiger partial charge is 0.493 e. The van der Waals surface area contributed by atoms with E-state index in [1.165, 1.54) is 12.1 Å². The van der Waals surface area contributed by atoms with E-state index < -0.39 is 10.8 Å². The summed E-state index contributed by atoms with van der Waals surface area (Å²) < 4.78 is 12.3. The van der Waals surface area contributed by atoms with Crippen molar-refractivity contribution in [2.24, 2.45) is 5.73 Å². The summed E-state index contributed by atoms with van der Waals surface area (Å²) in [5, 5.41) is 18.3. The van der Waals surface area contributed by atoms with Crippen LogP contribution < -0.4 is 20.5 Å². The number of carbonyl (C=O) groups excluding carboxylic acids is 2. The highest BCUT2D eigenvalue weighted by molar-refractivity contribution is 8.00. The fourth-order valence-electron chi connectivity index (χ4n) is 3.06. The van der Waals surface area contributed by atoms with Crippen LogP contribution in [0.5, 0.6) is 11.5 Å². The van der Waals surface area contributed by atoms with Crippen LogP contribution in [-0.4, -0.2) is 46.5 Å². The van der Waals surface area contributed by atoms with E-state index in [0.29, 0.717) is 23.9 Å². The highest BCUT2D eigenvalue weighted by Crippen LogP contribution is 2.32. The molecular weight excluding hydrogens is 450 g/mol. The second-order valence-electron chi connectivity index (χ2n) is 6.67. The first kappa shape index (κ1) is 23.6. The summed E-state index contributed by atoms with van der Waals surface area (Å²) in [5.74, 6) is 0.345. The number of benzene rings is 2. The summed E-state index contributed by atoms with van der Waals surface area (Å²) in [7, 11) is 3.09. The van der Waals surface area contributed by atoms with Gasteiger partial charge in [-0.05, 0) is 18.2 Å². The molecule has 0 radical (unpaired) electrons. The molecule has 12 heteroatoms. The topological polar surface area (TPSA) is 152 Å². The Morgan fingerprint density at radius 2 is 2.00 bits per heavy atom. The van der Waals surface area contributed by atoms with Crippen molar-refractivity contribution in [3.8, 4) is 11.5 Å². The lowest BCUT2D eigenvalue weighted by Crippen LogP contribution is -2.18. The number of hydrogen-bond acceptors (Lipinski definition) is 8. The number of primary amides is 1. The number of thioether (sulfide) groups is 1. The van der Waals surface area contributed by atoms with Gasteiger partial charge < -0.3 is 20.5 Å². The minimum absolute atomic E-state index is 0.0207. The van der Waals surface area contributed by atoms with E-state index >= 15 is 0 Å². The van der Waals surface area contributed by atoms with Gasteiger partial charge in [-0.1, -0.05) is 12.1 Å². The Bertz CT molecular complexity index is 1200. The van der Waals surface area contributed by atoms with Crippen LogP contribution in [0.15, 0.2) is 53.6 Å². The summed E-state index contributed by atoms with van der Waals surface area (Å²) in [6, 6.07) is 11.0. The monoisotopic (exact) mass is 471 g/mol. The number of nitro groups is 1. The predicted molar refractivity (Wildman–Crippen MR) is 122 cm³/mol. The van der Waals surface area contributed by atoms with Crippen LogP contribution in [0.2, 0.25) is 0 Å². The van der Waals surface area contributed by atoms with E-state index in [9.17, 15) is 19.7 Å². The number of methoxy groups -OCH3 is 2. The van der Waals surface area contributed by atoms with Crippen LogP contribution in [0.25, 0.3) is 0 Å². The molecule has 0 bridgehead atoms. The molecule has 33 heavy (non-hydrogen) atoms. The average Bonchev–Trinajstić information content (AvgIpc) is 3.23. The molecule has 0 saturated carbocycles. The minimum Gasteiger partial charge on any atom is -0.493 e. The fraction of sp³-hybridized carbons (Fsp3) is 0.190. The zero-order valence-electron chi connectivity index (χ0n) is 17.8. The van der Waals surface area contributed by atoms with E-state index in [0.717, 1.165) is 23.4 Å². The number of nitro benzene ring substituents is 1. The number of hydrogen-bond donors (Lipinski definition) is 2. The smallest absolute Gasteiger partial charge is 0.283 e. The summed E-state index contributed by atoms with van der Waals surface area (Å²) >= 11 is 0.975. The number of nitrogens with two attached hydrogens (primary N) is 1. The average molecular weight is 471 g/mol. The van der Waals surface area contributed by atoms with Gasteiger partial charge in [0.2, 0.25) is 11.8 Å². The van der Waals surface area contributed by atoms with Crippen LogP contribution in [0.3, 0.4) is 0 Å². The molecule has 1 heterocycles. The van der Waals surface area contributed by atoms with E-state index in [4.69, 9.17) is 15.2 Å². The number of para-hydroxylation sites is 1. The molecule has 0 unspecified atom stereocenters. The number of ether oxygens (including phenoxy) is 2. The molecule has 0 atom stereocenters. The molecular formula is C21H21N5O6S. The van der Waals surface area contributed by atoms with Crippen molar-refractivity contribution in [1.82, 2.24) is 9.78 Å². The Kier molecular flexibility index (Phi) is 7.51. The lowest BCUT2D eigenvalue weighted by molar-refractivity contribution is -0.387. The molecule has 0 saturated heterocycles. The zero-order valence-corrected chi connectivity index (χ0v) is 18.6. The van der Waals surface area contributed by atoms with Crippen molar-refractivity contribution in [1.29, 1.82) is 0 Å². The first-order valence-electron chi connectivity index (χ1n) is 9.56. The molecule has 0 aliphatic carbocycles. The van der Waals surface area contributed by atoms with E-state index in [2.05, 4.69) is 10.4 Å². The molecule has 0 aliphatic rings. The SMILES string of the molecule is COc1cccc(Cn2nccc2NC(=O)CSc2ccc(C(N)=O)cc2[N+](=O)[O-])c1OC. The number of nitrogens with zero attached hydrogens (tertiary/aromatic N) is 3. The van der Waals surface area contributed by atoms with Gasteiger partial charge in [0, 0.05) is 23.3 Å². The summed E-state index contributed by atoms with van der Waals surface area (Å²) in [4.78, 5) is 34.7. The molecule has 0 fully saturated rings. The summed E-state index contributed by atoms with van der Waals surface area (Å²) in [6.45, 7) is 0.316. The Morgan fingerprint density at radius 3 is 2.67 bits per heavy atom. The molecule has 0 aliphatic heterocycles. The molecule has 3 rings (SSSR count). The van der Waals surface area contributed by atoms with Crippen molar-refractivity contribution >= 4 is 35.1 Å². The third-order valence-electron chi connectivity index (χ3n) is 4.59. The molecule has 0 spiro atoms. The van der Waals surface area contributed by atoms with Gasteiger partial charge in [-0.2, -0.15) is 5.10 Å². The second kappa shape index (κ2) is 10.5. The second-order valence-corrected chi connectivity index (χ2v) is 7.68. The van der Waals surface area contributed by atoms with Crippen molar-refractivity contribution in [3.63, 3.8) is 0 Å². The maximum absolute atomic E-state index is 12.5. The number of aromatic nitrogens is 2. The number of anilines is 1. The lowest BCUT2D eigenvalue weighted by atomic mass is 10.2. The molecule has 3 aromatic rings. The normalized spacial score (nSPS) is 10.5. The molecule has 172 valence electrons. The van der Waals surface area contributed by atoms with Crippen LogP contribution in [0.1, 0.15) is 15.9 Å². The highest BCUT2D eigenvalue weighted by atomic mass is 32.2. The number of rotatable bonds is 10. The van der Waals surface area contributed by atoms with Gasteiger partial charge >= 0.3 is 0 Å². The molecule has 11 nitrogen and oxygen atoms in total. The predicted octanol–water partition coefficient (Wildman–Crippen LogP) is 2.69. The maximum Gasteiger partial charge on any atom is 0.283 e. The highest BCUT2D eigenvalue weighted by Gasteiger charge is 2.19. The van der Waals surface area contributed by atoms with E-state index in [-0.39, 0.29) is 27.8 Å². The van der Waals surface area contributed by atoms with Gasteiger partial charge in [0.1, 0.15) is 5.82 Å². The van der Waals surface area contributed by atoms with E-state index in [1.807, 2.05) is 12.1 Å². The molecule has 1 aromatic heterocycles. The molecule has 2 amide bonds. The standard InChI is InChI=1S/C21H21N5O6S/c1-31-16-5-3-4-14(20(16)32-2)11-25-18(8-9-23-25)24-19(27)12-33-17-7-6-13(21(22)28)10-15(17)26(29)30/h3-10H,11-12H2,1-2H3,(H2,22,28)(H,24,27). The van der Waals surface area contributed by atoms with Gasteiger partial charge in [0.15, 0.2) is 11.5 Å². The third-order valence-corrected chi connectivity index (χ3v) is 5.65. The van der Waals surface area contributed by atoms with Crippen molar-refractivity contribution in [3.05, 3.63) is 69.9 Å². The Hall–Kier alpha value is -4.06. The van der Waals surface area contributed by atoms with Gasteiger partial charge in [0.25, 0.3) is 5.69 Å². The Labute approximate surface area is 193 Å². The van der Waals surface area contributed by atoms with Gasteiger partial charge in [0.05, 0.1) is 42.5 Å². The van der Waals surface area contributed by atoms with Crippen LogP contribution >= 0.6 is 11.8 Å². The Morgan fingerprint density at radius 1 is 1.21 bits per heavy atom. The van der Waals surface area contributed by atoms with E-state index in [1.54, 1.807) is 37.2 Å². The maximum atomic E-state index is 12.5. The number of amides is 2. The number of nitrogens with one attached hydrogen (secondary N) is 1. The first-order chi connectivity index (χ1) is 15.8. The van der Waals surface area contributed by atoms with Gasteiger partial charge in [-0.3, -0.25) is 19.7 Å². The van der Waals surface area contributed by atoms with Crippen LogP contribution in [-0.2, 0) is 11.3 Å². The van der Waals surface area contributed by atoms with Gasteiger partial charge in [-0.25, -0.2) is 4.68 Å². The summed E-state index contributed by atoms with van der Waals surface area (Å²) in [5.41, 5.74) is 5.71. The van der Waals surface area contributed by atoms with Gasteiger partial charge in [-0.15, -0.1) is 11.8 Å². The fourth-order valence-corrected chi connectivity index (χ4v) is 3.87. The number of carbonyl (C=O) groups is 2. The Balaban J connectivity index is 1.70. The van der Waals surface area contributed by atoms with Crippen LogP contribution in [0, 0.1) is 10.1 Å². The third kappa shape index (κ3) is 5.60. The first-order valence-corrected chi connectivity index (χ1v) is 10.5. The quantitative estimate of drug-likeness (QED) is 0.260. The summed E-state index contributed by atoms with van der Waals surface area (Å²) in [6.07, 6.45) is 1.54. The molecule has 3 N–H and O–H groups in total.